The van der Waals surface area contributed by atoms with Crippen molar-refractivity contribution in [3.8, 4) is 11.5 Å². The van der Waals surface area contributed by atoms with E-state index >= 15 is 0 Å². The number of nitrogens with zero attached hydrogens (tertiary/aromatic N) is 2. The third-order valence-corrected chi connectivity index (χ3v) is 5.34. The molecule has 6 heteroatoms. The van der Waals surface area contributed by atoms with Crippen LogP contribution in [0.2, 0.25) is 0 Å². The molecule has 0 unspecified atom stereocenters. The van der Waals surface area contributed by atoms with Gasteiger partial charge in [0.2, 0.25) is 0 Å². The van der Waals surface area contributed by atoms with E-state index in [4.69, 9.17) is 19.2 Å². The van der Waals surface area contributed by atoms with Gasteiger partial charge in [-0.05, 0) is 29.8 Å². The van der Waals surface area contributed by atoms with Gasteiger partial charge in [0.05, 0.1) is 18.7 Å². The predicted molar refractivity (Wildman–Crippen MR) is 113 cm³/mol. The van der Waals surface area contributed by atoms with Crippen LogP contribution in [0, 0.1) is 0 Å². The van der Waals surface area contributed by atoms with Crippen LogP contribution in [-0.4, -0.2) is 44.5 Å². The van der Waals surface area contributed by atoms with Gasteiger partial charge in [-0.1, -0.05) is 24.3 Å². The van der Waals surface area contributed by atoms with Crippen molar-refractivity contribution in [1.29, 1.82) is 0 Å². The zero-order chi connectivity index (χ0) is 19.5. The normalized spacial score (nSPS) is 16.2. The van der Waals surface area contributed by atoms with Gasteiger partial charge in [0.25, 0.3) is 0 Å². The van der Waals surface area contributed by atoms with Crippen LogP contribution in [0.3, 0.4) is 0 Å². The standard InChI is InChI=1S/C23H25N3O3/c1-2-4-20-18(3-1)14-19(23(25-20)26-7-9-27-10-8-26)16-24-15-17-5-6-21-22(13-17)29-12-11-28-21/h1-6,13-14,24H,7-12,15-16H2. The molecule has 1 fully saturated rings. The van der Waals surface area contributed by atoms with Gasteiger partial charge in [0.15, 0.2) is 11.5 Å². The number of nitrogens with one attached hydrogen (secondary N) is 1. The van der Waals surface area contributed by atoms with Gasteiger partial charge in [-0.2, -0.15) is 0 Å². The molecule has 1 aromatic heterocycles. The Labute approximate surface area is 170 Å². The quantitative estimate of drug-likeness (QED) is 0.721. The Bertz CT molecular complexity index is 1000. The Morgan fingerprint density at radius 1 is 0.862 bits per heavy atom. The first-order chi connectivity index (χ1) is 14.4. The first-order valence-electron chi connectivity index (χ1n) is 10.2. The number of benzene rings is 2. The lowest BCUT2D eigenvalue weighted by Gasteiger charge is -2.30. The van der Waals surface area contributed by atoms with Gasteiger partial charge in [0, 0.05) is 37.1 Å². The van der Waals surface area contributed by atoms with E-state index in [2.05, 4.69) is 46.6 Å². The molecule has 2 aromatic carbocycles. The maximum Gasteiger partial charge on any atom is 0.161 e. The van der Waals surface area contributed by atoms with Crippen LogP contribution in [0.25, 0.3) is 10.9 Å². The first kappa shape index (κ1) is 18.2. The number of fused-ring (bicyclic) bond motifs is 2. The first-order valence-corrected chi connectivity index (χ1v) is 10.2. The summed E-state index contributed by atoms with van der Waals surface area (Å²) in [5.41, 5.74) is 3.42. The molecular weight excluding hydrogens is 366 g/mol. The maximum atomic E-state index is 5.69. The zero-order valence-electron chi connectivity index (χ0n) is 16.4. The van der Waals surface area contributed by atoms with Gasteiger partial charge in [0.1, 0.15) is 19.0 Å². The highest BCUT2D eigenvalue weighted by Crippen LogP contribution is 2.31. The largest absolute Gasteiger partial charge is 0.486 e. The molecule has 3 aromatic rings. The third-order valence-electron chi connectivity index (χ3n) is 5.34. The SMILES string of the molecule is c1ccc2nc(N3CCOCC3)c(CNCc3ccc4c(c3)OCCO4)cc2c1. The van der Waals surface area contributed by atoms with Crippen molar-refractivity contribution in [2.24, 2.45) is 0 Å². The van der Waals surface area contributed by atoms with E-state index < -0.39 is 0 Å². The summed E-state index contributed by atoms with van der Waals surface area (Å²) in [6.45, 7) is 5.97. The zero-order valence-corrected chi connectivity index (χ0v) is 16.4. The minimum Gasteiger partial charge on any atom is -0.486 e. The lowest BCUT2D eigenvalue weighted by atomic mass is 10.1. The summed E-state index contributed by atoms with van der Waals surface area (Å²) in [6, 6.07) is 16.7. The lowest BCUT2D eigenvalue weighted by molar-refractivity contribution is 0.122. The smallest absolute Gasteiger partial charge is 0.161 e. The van der Waals surface area contributed by atoms with Gasteiger partial charge in [-0.15, -0.1) is 0 Å². The van der Waals surface area contributed by atoms with Gasteiger partial charge in [-0.25, -0.2) is 4.98 Å². The fourth-order valence-electron chi connectivity index (χ4n) is 3.87. The van der Waals surface area contributed by atoms with Crippen LogP contribution < -0.4 is 19.7 Å². The summed E-state index contributed by atoms with van der Waals surface area (Å²) in [5, 5.41) is 4.74. The highest BCUT2D eigenvalue weighted by atomic mass is 16.6. The van der Waals surface area contributed by atoms with Crippen LogP contribution in [0.5, 0.6) is 11.5 Å². The minimum atomic E-state index is 0.607. The Morgan fingerprint density at radius 2 is 1.69 bits per heavy atom. The molecule has 2 aliphatic rings. The van der Waals surface area contributed by atoms with Gasteiger partial charge < -0.3 is 24.4 Å². The van der Waals surface area contributed by atoms with E-state index in [1.54, 1.807) is 0 Å². The van der Waals surface area contributed by atoms with Crippen LogP contribution >= 0.6 is 0 Å². The number of anilines is 1. The topological polar surface area (TPSA) is 55.9 Å². The summed E-state index contributed by atoms with van der Waals surface area (Å²) in [5.74, 6) is 2.71. The second kappa shape index (κ2) is 8.27. The number of rotatable bonds is 5. The molecule has 2 aliphatic heterocycles. The summed E-state index contributed by atoms with van der Waals surface area (Å²) in [6.07, 6.45) is 0. The molecule has 0 radical (unpaired) electrons. The van der Waals surface area contributed by atoms with Crippen LogP contribution in [0.1, 0.15) is 11.1 Å². The fourth-order valence-corrected chi connectivity index (χ4v) is 3.87. The fraction of sp³-hybridized carbons (Fsp3) is 0.348. The van der Waals surface area contributed by atoms with E-state index in [1.165, 1.54) is 16.5 Å². The molecule has 0 saturated carbocycles. The molecule has 1 N–H and O–H groups in total. The van der Waals surface area contributed by atoms with Crippen molar-refractivity contribution in [3.63, 3.8) is 0 Å². The molecule has 0 amide bonds. The molecule has 0 aliphatic carbocycles. The van der Waals surface area contributed by atoms with Crippen molar-refractivity contribution in [2.45, 2.75) is 13.1 Å². The summed E-state index contributed by atoms with van der Waals surface area (Å²) in [4.78, 5) is 7.31. The highest BCUT2D eigenvalue weighted by Gasteiger charge is 2.17. The Kier molecular flexibility index (Phi) is 5.19. The highest BCUT2D eigenvalue weighted by molar-refractivity contribution is 5.81. The van der Waals surface area contributed by atoms with E-state index in [0.29, 0.717) is 13.2 Å². The van der Waals surface area contributed by atoms with Gasteiger partial charge in [-0.3, -0.25) is 0 Å². The van der Waals surface area contributed by atoms with Crippen molar-refractivity contribution >= 4 is 16.7 Å². The number of aromatic nitrogens is 1. The Morgan fingerprint density at radius 3 is 2.59 bits per heavy atom. The number of pyridine rings is 1. The number of ether oxygens (including phenoxy) is 3. The third kappa shape index (κ3) is 3.99. The predicted octanol–water partition coefficient (Wildman–Crippen LogP) is 3.13. The van der Waals surface area contributed by atoms with Crippen LogP contribution in [0.15, 0.2) is 48.5 Å². The molecule has 150 valence electrons. The van der Waals surface area contributed by atoms with E-state index in [0.717, 1.165) is 62.2 Å². The number of morpholine rings is 1. The van der Waals surface area contributed by atoms with Gasteiger partial charge >= 0.3 is 0 Å². The van der Waals surface area contributed by atoms with E-state index in [9.17, 15) is 0 Å². The van der Waals surface area contributed by atoms with Crippen LogP contribution in [-0.2, 0) is 17.8 Å². The molecule has 0 bridgehead atoms. The molecule has 5 rings (SSSR count). The van der Waals surface area contributed by atoms with Crippen molar-refractivity contribution in [1.82, 2.24) is 10.3 Å². The molecule has 6 nitrogen and oxygen atoms in total. The molecule has 3 heterocycles. The summed E-state index contributed by atoms with van der Waals surface area (Å²) >= 11 is 0. The molecule has 0 spiro atoms. The van der Waals surface area contributed by atoms with Crippen molar-refractivity contribution < 1.29 is 14.2 Å². The van der Waals surface area contributed by atoms with E-state index in [-0.39, 0.29) is 0 Å². The monoisotopic (exact) mass is 391 g/mol. The van der Waals surface area contributed by atoms with Crippen molar-refractivity contribution in [2.75, 3.05) is 44.4 Å². The average Bonchev–Trinajstić information content (AvgIpc) is 2.79. The molecule has 29 heavy (non-hydrogen) atoms. The maximum absolute atomic E-state index is 5.69. The molecular formula is C23H25N3O3. The number of hydrogen-bond donors (Lipinski definition) is 1. The second-order valence-electron chi connectivity index (χ2n) is 7.34. The van der Waals surface area contributed by atoms with E-state index in [1.807, 2.05) is 12.1 Å². The summed E-state index contributed by atoms with van der Waals surface area (Å²) in [7, 11) is 0. The Balaban J connectivity index is 1.35. The number of para-hydroxylation sites is 1. The van der Waals surface area contributed by atoms with Crippen molar-refractivity contribution in [3.05, 3.63) is 59.7 Å². The van der Waals surface area contributed by atoms with Crippen LogP contribution in [0.4, 0.5) is 5.82 Å². The Hall–Kier alpha value is -2.83. The molecule has 1 saturated heterocycles. The number of hydrogen-bond acceptors (Lipinski definition) is 6. The second-order valence-corrected chi connectivity index (χ2v) is 7.34. The minimum absolute atomic E-state index is 0.607. The summed E-state index contributed by atoms with van der Waals surface area (Å²) < 4.78 is 16.8. The average molecular weight is 391 g/mol. The lowest BCUT2D eigenvalue weighted by Crippen LogP contribution is -2.37. The molecule has 0 atom stereocenters.